The van der Waals surface area contributed by atoms with Crippen LogP contribution in [0.4, 0.5) is 0 Å². The Kier molecular flexibility index (Phi) is 4.01. The Balaban J connectivity index is 2.25. The quantitative estimate of drug-likeness (QED) is 0.784. The second-order valence-corrected chi connectivity index (χ2v) is 4.13. The molecule has 1 amide bonds. The van der Waals surface area contributed by atoms with E-state index in [1.54, 1.807) is 12.1 Å². The lowest BCUT2D eigenvalue weighted by molar-refractivity contribution is -0.151. The maximum absolute atomic E-state index is 12.4. The first-order chi connectivity index (χ1) is 9.15. The average molecular weight is 265 g/mol. The first-order valence-corrected chi connectivity index (χ1v) is 5.89. The molecule has 0 saturated carbocycles. The molecule has 6 nitrogen and oxygen atoms in total. The van der Waals surface area contributed by atoms with Gasteiger partial charge >= 0.3 is 5.97 Å². The normalized spacial score (nSPS) is 19.0. The number of rotatable bonds is 2. The van der Waals surface area contributed by atoms with Crippen molar-refractivity contribution >= 4 is 11.9 Å². The summed E-state index contributed by atoms with van der Waals surface area (Å²) in [7, 11) is 1.26. The van der Waals surface area contributed by atoms with Gasteiger partial charge in [0.1, 0.15) is 5.75 Å². The summed E-state index contributed by atoms with van der Waals surface area (Å²) in [6.07, 6.45) is 0. The number of amides is 1. The van der Waals surface area contributed by atoms with Crippen LogP contribution < -0.4 is 0 Å². The molecule has 0 bridgehead atoms. The van der Waals surface area contributed by atoms with E-state index in [-0.39, 0.29) is 24.5 Å². The van der Waals surface area contributed by atoms with Crippen LogP contribution in [0.5, 0.6) is 5.75 Å². The summed E-state index contributed by atoms with van der Waals surface area (Å²) in [6, 6.07) is 5.46. The SMILES string of the molecule is COC(=O)C1COCCN1C(=O)c1ccccc1O. The van der Waals surface area contributed by atoms with Crippen molar-refractivity contribution in [2.75, 3.05) is 26.9 Å². The maximum Gasteiger partial charge on any atom is 0.331 e. The first kappa shape index (κ1) is 13.4. The molecule has 0 aromatic heterocycles. The van der Waals surface area contributed by atoms with Gasteiger partial charge in [-0.25, -0.2) is 4.79 Å². The molecule has 1 fully saturated rings. The number of ether oxygens (including phenoxy) is 2. The second-order valence-electron chi connectivity index (χ2n) is 4.13. The number of hydrogen-bond donors (Lipinski definition) is 1. The highest BCUT2D eigenvalue weighted by Crippen LogP contribution is 2.20. The number of carbonyl (C=O) groups excluding carboxylic acids is 2. The van der Waals surface area contributed by atoms with Crippen molar-refractivity contribution in [1.82, 2.24) is 4.90 Å². The summed E-state index contributed by atoms with van der Waals surface area (Å²) in [6.45, 7) is 0.742. The zero-order valence-electron chi connectivity index (χ0n) is 10.5. The molecule has 102 valence electrons. The Labute approximate surface area is 110 Å². The van der Waals surface area contributed by atoms with E-state index < -0.39 is 17.9 Å². The number of benzene rings is 1. The van der Waals surface area contributed by atoms with Crippen LogP contribution in [0.15, 0.2) is 24.3 Å². The van der Waals surface area contributed by atoms with Crippen LogP contribution in [0.1, 0.15) is 10.4 Å². The third kappa shape index (κ3) is 2.68. The summed E-state index contributed by atoms with van der Waals surface area (Å²) in [4.78, 5) is 25.4. The molecule has 1 aliphatic rings. The maximum atomic E-state index is 12.4. The van der Waals surface area contributed by atoms with Gasteiger partial charge < -0.3 is 19.5 Å². The van der Waals surface area contributed by atoms with Gasteiger partial charge in [-0.1, -0.05) is 12.1 Å². The molecule has 1 heterocycles. The highest BCUT2D eigenvalue weighted by molar-refractivity contribution is 5.99. The molecule has 0 spiro atoms. The van der Waals surface area contributed by atoms with Crippen molar-refractivity contribution in [3.63, 3.8) is 0 Å². The van der Waals surface area contributed by atoms with Gasteiger partial charge in [0.05, 0.1) is 25.9 Å². The van der Waals surface area contributed by atoms with E-state index in [1.807, 2.05) is 0 Å². The third-order valence-electron chi connectivity index (χ3n) is 3.00. The van der Waals surface area contributed by atoms with E-state index >= 15 is 0 Å². The monoisotopic (exact) mass is 265 g/mol. The molecule has 19 heavy (non-hydrogen) atoms. The fourth-order valence-corrected chi connectivity index (χ4v) is 1.99. The Hall–Kier alpha value is -2.08. The van der Waals surface area contributed by atoms with Crippen LogP contribution in [0.25, 0.3) is 0 Å². The van der Waals surface area contributed by atoms with Crippen molar-refractivity contribution in [3.05, 3.63) is 29.8 Å². The zero-order valence-corrected chi connectivity index (χ0v) is 10.5. The first-order valence-electron chi connectivity index (χ1n) is 5.89. The van der Waals surface area contributed by atoms with Crippen LogP contribution in [-0.2, 0) is 14.3 Å². The highest BCUT2D eigenvalue weighted by atomic mass is 16.5. The number of methoxy groups -OCH3 is 1. The number of hydrogen-bond acceptors (Lipinski definition) is 5. The lowest BCUT2D eigenvalue weighted by Crippen LogP contribution is -2.53. The molecule has 1 aromatic carbocycles. The van der Waals surface area contributed by atoms with E-state index in [4.69, 9.17) is 4.74 Å². The van der Waals surface area contributed by atoms with Crippen molar-refractivity contribution in [1.29, 1.82) is 0 Å². The minimum atomic E-state index is -0.772. The van der Waals surface area contributed by atoms with Crippen molar-refractivity contribution in [3.8, 4) is 5.75 Å². The lowest BCUT2D eigenvalue weighted by atomic mass is 10.1. The van der Waals surface area contributed by atoms with Crippen molar-refractivity contribution < 1.29 is 24.2 Å². The van der Waals surface area contributed by atoms with E-state index in [2.05, 4.69) is 4.74 Å². The van der Waals surface area contributed by atoms with Crippen molar-refractivity contribution in [2.24, 2.45) is 0 Å². The number of carbonyl (C=O) groups is 2. The lowest BCUT2D eigenvalue weighted by Gasteiger charge is -2.33. The number of para-hydroxylation sites is 1. The fraction of sp³-hybridized carbons (Fsp3) is 0.385. The van der Waals surface area contributed by atoms with Gasteiger partial charge in [0.15, 0.2) is 6.04 Å². The van der Waals surface area contributed by atoms with E-state index in [0.29, 0.717) is 6.61 Å². The zero-order chi connectivity index (χ0) is 13.8. The predicted molar refractivity (Wildman–Crippen MR) is 65.8 cm³/mol. The van der Waals surface area contributed by atoms with Crippen LogP contribution in [0.3, 0.4) is 0 Å². The smallest absolute Gasteiger partial charge is 0.331 e. The van der Waals surface area contributed by atoms with Gasteiger partial charge in [0.25, 0.3) is 5.91 Å². The molecule has 1 saturated heterocycles. The molecular formula is C13H15NO5. The molecule has 1 aliphatic heterocycles. The number of nitrogens with zero attached hydrogens (tertiary/aromatic N) is 1. The molecule has 1 atom stereocenters. The molecule has 2 rings (SSSR count). The predicted octanol–water partition coefficient (Wildman–Crippen LogP) is 0.406. The Morgan fingerprint density at radius 3 is 2.84 bits per heavy atom. The Morgan fingerprint density at radius 2 is 2.16 bits per heavy atom. The molecule has 1 N–H and O–H groups in total. The van der Waals surface area contributed by atoms with Crippen molar-refractivity contribution in [2.45, 2.75) is 6.04 Å². The number of esters is 1. The molecule has 1 aromatic rings. The number of phenolic OH excluding ortho intramolecular Hbond substituents is 1. The largest absolute Gasteiger partial charge is 0.507 e. The standard InChI is InChI=1S/C13H15NO5/c1-18-13(17)10-8-19-7-6-14(10)12(16)9-4-2-3-5-11(9)15/h2-5,10,15H,6-8H2,1H3. The summed E-state index contributed by atoms with van der Waals surface area (Å²) >= 11 is 0. The van der Waals surface area contributed by atoms with Gasteiger partial charge in [-0.05, 0) is 12.1 Å². The highest BCUT2D eigenvalue weighted by Gasteiger charge is 2.34. The Morgan fingerprint density at radius 1 is 1.42 bits per heavy atom. The van der Waals surface area contributed by atoms with Gasteiger partial charge in [-0.15, -0.1) is 0 Å². The molecule has 1 unspecified atom stereocenters. The van der Waals surface area contributed by atoms with Gasteiger partial charge in [-0.2, -0.15) is 0 Å². The van der Waals surface area contributed by atoms with Gasteiger partial charge in [0.2, 0.25) is 0 Å². The van der Waals surface area contributed by atoms with E-state index in [1.165, 1.54) is 24.1 Å². The van der Waals surface area contributed by atoms with Crippen LogP contribution in [0.2, 0.25) is 0 Å². The molecule has 6 heteroatoms. The van der Waals surface area contributed by atoms with Crippen LogP contribution >= 0.6 is 0 Å². The fourth-order valence-electron chi connectivity index (χ4n) is 1.99. The Bertz CT molecular complexity index is 488. The minimum absolute atomic E-state index is 0.103. The number of aromatic hydroxyl groups is 1. The number of morpholine rings is 1. The third-order valence-corrected chi connectivity index (χ3v) is 3.00. The minimum Gasteiger partial charge on any atom is -0.507 e. The second kappa shape index (κ2) is 5.71. The van der Waals surface area contributed by atoms with Crippen LogP contribution in [-0.4, -0.2) is 54.8 Å². The summed E-state index contributed by atoms with van der Waals surface area (Å²) in [5, 5.41) is 9.70. The number of phenols is 1. The van der Waals surface area contributed by atoms with E-state index in [0.717, 1.165) is 0 Å². The van der Waals surface area contributed by atoms with Gasteiger partial charge in [0, 0.05) is 6.54 Å². The topological polar surface area (TPSA) is 76.1 Å². The van der Waals surface area contributed by atoms with E-state index in [9.17, 15) is 14.7 Å². The average Bonchev–Trinajstić information content (AvgIpc) is 2.46. The van der Waals surface area contributed by atoms with Crippen LogP contribution in [0, 0.1) is 0 Å². The molecule has 0 aliphatic carbocycles. The summed E-state index contributed by atoms with van der Waals surface area (Å²) in [5.41, 5.74) is 0.165. The van der Waals surface area contributed by atoms with Gasteiger partial charge in [-0.3, -0.25) is 4.79 Å². The molecule has 0 radical (unpaired) electrons. The molecular weight excluding hydrogens is 250 g/mol. The summed E-state index contributed by atoms with van der Waals surface area (Å²) in [5.74, 6) is -1.04. The summed E-state index contributed by atoms with van der Waals surface area (Å²) < 4.78 is 9.86.